The number of nitrogens with zero attached hydrogens (tertiary/aromatic N) is 4. The lowest BCUT2D eigenvalue weighted by molar-refractivity contribution is 0.599. The van der Waals surface area contributed by atoms with Gasteiger partial charge >= 0.3 is 0 Å². The first-order chi connectivity index (χ1) is 11.0. The van der Waals surface area contributed by atoms with Gasteiger partial charge in [-0.15, -0.1) is 5.10 Å². The van der Waals surface area contributed by atoms with E-state index < -0.39 is 15.8 Å². The zero-order chi connectivity index (χ0) is 16.3. The first-order valence-electron chi connectivity index (χ1n) is 6.60. The van der Waals surface area contributed by atoms with E-state index in [-0.39, 0.29) is 5.75 Å². The van der Waals surface area contributed by atoms with E-state index in [9.17, 15) is 12.8 Å². The fourth-order valence-electron chi connectivity index (χ4n) is 2.05. The molecule has 0 radical (unpaired) electrons. The summed E-state index contributed by atoms with van der Waals surface area (Å²) >= 11 is 0. The molecule has 7 nitrogen and oxygen atoms in total. The van der Waals surface area contributed by atoms with Crippen LogP contribution in [-0.2, 0) is 15.8 Å². The highest BCUT2D eigenvalue weighted by Crippen LogP contribution is 2.17. The van der Waals surface area contributed by atoms with Crippen LogP contribution in [0.5, 0.6) is 0 Å². The lowest BCUT2D eigenvalue weighted by atomic mass is 10.2. The van der Waals surface area contributed by atoms with Crippen molar-refractivity contribution in [1.29, 1.82) is 0 Å². The van der Waals surface area contributed by atoms with Gasteiger partial charge in [0.05, 0.1) is 17.1 Å². The molecule has 0 fully saturated rings. The van der Waals surface area contributed by atoms with Crippen LogP contribution >= 0.6 is 0 Å². The topological polar surface area (TPSA) is 89.8 Å². The number of hydrogen-bond donors (Lipinski definition) is 1. The second kappa shape index (κ2) is 6.13. The van der Waals surface area contributed by atoms with E-state index >= 15 is 0 Å². The minimum absolute atomic E-state index is 0.320. The van der Waals surface area contributed by atoms with Crippen LogP contribution in [0, 0.1) is 5.82 Å². The minimum Gasteiger partial charge on any atom is -0.283 e. The van der Waals surface area contributed by atoms with Gasteiger partial charge in [-0.1, -0.05) is 18.2 Å². The third kappa shape index (κ3) is 3.89. The summed E-state index contributed by atoms with van der Waals surface area (Å²) in [6.07, 6.45) is 1.40. The van der Waals surface area contributed by atoms with Crippen molar-refractivity contribution < 1.29 is 12.8 Å². The predicted octanol–water partition coefficient (Wildman–Crippen LogP) is 1.74. The van der Waals surface area contributed by atoms with E-state index in [4.69, 9.17) is 0 Å². The van der Waals surface area contributed by atoms with Crippen LogP contribution in [0.1, 0.15) is 5.56 Å². The maximum atomic E-state index is 13.1. The molecule has 0 aliphatic carbocycles. The Labute approximate surface area is 131 Å². The predicted molar refractivity (Wildman–Crippen MR) is 81.8 cm³/mol. The monoisotopic (exact) mass is 333 g/mol. The van der Waals surface area contributed by atoms with Crippen molar-refractivity contribution in [3.8, 4) is 5.69 Å². The van der Waals surface area contributed by atoms with Crippen LogP contribution in [0.3, 0.4) is 0 Å². The molecule has 0 spiro atoms. The molecule has 1 heterocycles. The molecule has 0 aliphatic rings. The van der Waals surface area contributed by atoms with Crippen LogP contribution in [0.25, 0.3) is 5.69 Å². The summed E-state index contributed by atoms with van der Waals surface area (Å²) in [5, 5.41) is 10.8. The number of hydrogen-bond acceptors (Lipinski definition) is 5. The first-order valence-corrected chi connectivity index (χ1v) is 8.25. The van der Waals surface area contributed by atoms with Crippen LogP contribution in [0.4, 0.5) is 10.1 Å². The number of sulfonamides is 1. The van der Waals surface area contributed by atoms with Gasteiger partial charge in [0.15, 0.2) is 0 Å². The molecule has 0 saturated heterocycles. The van der Waals surface area contributed by atoms with Gasteiger partial charge in [0.25, 0.3) is 0 Å². The van der Waals surface area contributed by atoms with Gasteiger partial charge in [-0.2, -0.15) is 0 Å². The fraction of sp³-hybridized carbons (Fsp3) is 0.0714. The normalized spacial score (nSPS) is 11.3. The minimum atomic E-state index is -3.67. The molecule has 3 aromatic rings. The molecule has 0 saturated carbocycles. The Morgan fingerprint density at radius 2 is 1.96 bits per heavy atom. The van der Waals surface area contributed by atoms with Crippen molar-refractivity contribution in [2.45, 2.75) is 5.75 Å². The van der Waals surface area contributed by atoms with Gasteiger partial charge in [0.1, 0.15) is 12.1 Å². The highest BCUT2D eigenvalue weighted by atomic mass is 32.2. The number of halogens is 1. The largest absolute Gasteiger partial charge is 0.283 e. The Morgan fingerprint density at radius 3 is 2.70 bits per heavy atom. The lowest BCUT2D eigenvalue weighted by Crippen LogP contribution is -2.15. The SMILES string of the molecule is O=S(=O)(Cc1cccc(F)c1)Nc1cccc(-n2cnnn2)c1. The standard InChI is InChI=1S/C14H12FN5O2S/c15-12-4-1-3-11(7-12)9-23(21,22)17-13-5-2-6-14(8-13)20-10-16-18-19-20/h1-8,10,17H,9H2. The van der Waals surface area contributed by atoms with Crippen molar-refractivity contribution in [3.63, 3.8) is 0 Å². The number of tetrazole rings is 1. The van der Waals surface area contributed by atoms with Crippen LogP contribution in [-0.4, -0.2) is 28.6 Å². The lowest BCUT2D eigenvalue weighted by Gasteiger charge is -2.09. The zero-order valence-corrected chi connectivity index (χ0v) is 12.6. The highest BCUT2D eigenvalue weighted by Gasteiger charge is 2.13. The summed E-state index contributed by atoms with van der Waals surface area (Å²) < 4.78 is 41.4. The average molecular weight is 333 g/mol. The molecule has 2 aromatic carbocycles. The Hall–Kier alpha value is -2.81. The quantitative estimate of drug-likeness (QED) is 0.768. The maximum Gasteiger partial charge on any atom is 0.236 e. The van der Waals surface area contributed by atoms with E-state index in [0.29, 0.717) is 16.9 Å². The second-order valence-corrected chi connectivity index (χ2v) is 6.52. The molecule has 0 atom stereocenters. The van der Waals surface area contributed by atoms with Gasteiger partial charge in [-0.05, 0) is 46.3 Å². The van der Waals surface area contributed by atoms with Crippen molar-refractivity contribution in [3.05, 3.63) is 66.2 Å². The number of benzene rings is 2. The summed E-state index contributed by atoms with van der Waals surface area (Å²) in [5.74, 6) is -0.793. The summed E-state index contributed by atoms with van der Waals surface area (Å²) in [4.78, 5) is 0. The van der Waals surface area contributed by atoms with Gasteiger partial charge < -0.3 is 0 Å². The van der Waals surface area contributed by atoms with Gasteiger partial charge in [0, 0.05) is 0 Å². The molecular weight excluding hydrogens is 321 g/mol. The van der Waals surface area contributed by atoms with E-state index in [1.54, 1.807) is 30.3 Å². The van der Waals surface area contributed by atoms with Gasteiger partial charge in [-0.25, -0.2) is 17.5 Å². The smallest absolute Gasteiger partial charge is 0.236 e. The number of nitrogens with one attached hydrogen (secondary N) is 1. The summed E-state index contributed by atoms with van der Waals surface area (Å²) in [6, 6.07) is 12.1. The molecule has 1 aromatic heterocycles. The molecule has 118 valence electrons. The Balaban J connectivity index is 1.79. The number of rotatable bonds is 5. The molecule has 23 heavy (non-hydrogen) atoms. The average Bonchev–Trinajstić information content (AvgIpc) is 3.00. The Kier molecular flexibility index (Phi) is 4.02. The molecule has 0 aliphatic heterocycles. The highest BCUT2D eigenvalue weighted by molar-refractivity contribution is 7.91. The number of aromatic nitrogens is 4. The molecule has 1 N–H and O–H groups in total. The molecule has 0 bridgehead atoms. The summed E-state index contributed by atoms with van der Waals surface area (Å²) in [6.45, 7) is 0. The summed E-state index contributed by atoms with van der Waals surface area (Å²) in [7, 11) is -3.67. The van der Waals surface area contributed by atoms with Gasteiger partial charge in [0.2, 0.25) is 10.0 Å². The van der Waals surface area contributed by atoms with E-state index in [2.05, 4.69) is 20.2 Å². The zero-order valence-electron chi connectivity index (χ0n) is 11.8. The van der Waals surface area contributed by atoms with Crippen molar-refractivity contribution >= 4 is 15.7 Å². The van der Waals surface area contributed by atoms with Crippen LogP contribution < -0.4 is 4.72 Å². The molecule has 0 unspecified atom stereocenters. The van der Waals surface area contributed by atoms with E-state index in [1.807, 2.05) is 0 Å². The van der Waals surface area contributed by atoms with Crippen molar-refractivity contribution in [2.75, 3.05) is 4.72 Å². The van der Waals surface area contributed by atoms with Gasteiger partial charge in [-0.3, -0.25) is 4.72 Å². The molecule has 0 amide bonds. The Bertz CT molecular complexity index is 912. The maximum absolute atomic E-state index is 13.1. The van der Waals surface area contributed by atoms with E-state index in [1.165, 1.54) is 29.2 Å². The van der Waals surface area contributed by atoms with E-state index in [0.717, 1.165) is 0 Å². The number of anilines is 1. The third-order valence-corrected chi connectivity index (χ3v) is 4.24. The molecular formula is C14H12FN5O2S. The van der Waals surface area contributed by atoms with Crippen molar-refractivity contribution in [2.24, 2.45) is 0 Å². The fourth-order valence-corrected chi connectivity index (χ4v) is 3.23. The first kappa shape index (κ1) is 15.1. The third-order valence-electron chi connectivity index (χ3n) is 2.98. The molecule has 9 heteroatoms. The second-order valence-electron chi connectivity index (χ2n) is 4.80. The molecule has 3 rings (SSSR count). The van der Waals surface area contributed by atoms with Crippen LogP contribution in [0.15, 0.2) is 54.9 Å². The Morgan fingerprint density at radius 1 is 1.13 bits per heavy atom. The van der Waals surface area contributed by atoms with Crippen molar-refractivity contribution in [1.82, 2.24) is 20.2 Å². The van der Waals surface area contributed by atoms with Crippen LogP contribution in [0.2, 0.25) is 0 Å². The summed E-state index contributed by atoms with van der Waals surface area (Å²) in [5.41, 5.74) is 1.35.